The van der Waals surface area contributed by atoms with Crippen LogP contribution in [-0.2, 0) is 16.6 Å². The summed E-state index contributed by atoms with van der Waals surface area (Å²) in [7, 11) is 0.0247. The maximum atomic E-state index is 13.0. The Hall–Kier alpha value is -0.910. The highest BCUT2D eigenvalue weighted by Gasteiger charge is 2.33. The Kier molecular flexibility index (Phi) is 5.58. The normalized spacial score (nSPS) is 13.0. The van der Waals surface area contributed by atoms with Gasteiger partial charge in [0.1, 0.15) is 0 Å². The lowest BCUT2D eigenvalue weighted by Gasteiger charge is -2.34. The molecule has 120 valence electrons. The molecule has 0 saturated heterocycles. The van der Waals surface area contributed by atoms with E-state index in [1.807, 2.05) is 47.7 Å². The largest absolute Gasteiger partial charge is 0.316 e. The average molecular weight is 312 g/mol. The maximum Gasteiger partial charge on any atom is 0.243 e. The van der Waals surface area contributed by atoms with Gasteiger partial charge in [0.25, 0.3) is 0 Å². The third-order valence-corrected chi connectivity index (χ3v) is 6.61. The zero-order valence-electron chi connectivity index (χ0n) is 14.2. The van der Waals surface area contributed by atoms with Crippen molar-refractivity contribution in [2.24, 2.45) is 0 Å². The van der Waals surface area contributed by atoms with Gasteiger partial charge in [-0.15, -0.1) is 0 Å². The second-order valence-electron chi connectivity index (χ2n) is 6.20. The van der Waals surface area contributed by atoms with E-state index in [4.69, 9.17) is 0 Å². The molecule has 1 aromatic carbocycles. The summed E-state index contributed by atoms with van der Waals surface area (Å²) in [5, 5.41) is 3.07. The van der Waals surface area contributed by atoms with Gasteiger partial charge >= 0.3 is 0 Å². The summed E-state index contributed by atoms with van der Waals surface area (Å²) < 4.78 is 27.4. The fraction of sp³-hybridized carbons (Fsp3) is 0.625. The van der Waals surface area contributed by atoms with Crippen molar-refractivity contribution in [2.75, 3.05) is 14.1 Å². The van der Waals surface area contributed by atoms with Gasteiger partial charge in [-0.2, -0.15) is 4.31 Å². The molecule has 5 heteroatoms. The molecule has 0 spiro atoms. The molecule has 0 atom stereocenters. The highest BCUT2D eigenvalue weighted by Crippen LogP contribution is 2.29. The second-order valence-corrected chi connectivity index (χ2v) is 8.14. The van der Waals surface area contributed by atoms with E-state index in [9.17, 15) is 8.42 Å². The lowest BCUT2D eigenvalue weighted by atomic mass is 10.0. The van der Waals surface area contributed by atoms with Crippen LogP contribution >= 0.6 is 0 Å². The first-order chi connectivity index (χ1) is 9.57. The van der Waals surface area contributed by atoms with E-state index >= 15 is 0 Å². The molecule has 1 N–H and O–H groups in total. The number of nitrogens with one attached hydrogen (secondary N) is 1. The minimum Gasteiger partial charge on any atom is -0.316 e. The first kappa shape index (κ1) is 18.1. The monoisotopic (exact) mass is 312 g/mol. The van der Waals surface area contributed by atoms with E-state index in [2.05, 4.69) is 5.32 Å². The molecule has 4 nitrogen and oxygen atoms in total. The Bertz CT molecular complexity index is 607. The number of hydrogen-bond acceptors (Lipinski definition) is 3. The van der Waals surface area contributed by atoms with Crippen molar-refractivity contribution >= 4 is 10.0 Å². The molecule has 0 unspecified atom stereocenters. The van der Waals surface area contributed by atoms with Crippen LogP contribution in [0.5, 0.6) is 0 Å². The summed E-state index contributed by atoms with van der Waals surface area (Å²) in [5.41, 5.74) is 2.41. The Morgan fingerprint density at radius 3 is 2.29 bits per heavy atom. The van der Waals surface area contributed by atoms with E-state index in [1.54, 1.807) is 13.1 Å². The topological polar surface area (TPSA) is 49.4 Å². The lowest BCUT2D eigenvalue weighted by molar-refractivity contribution is 0.257. The van der Waals surface area contributed by atoms with Crippen LogP contribution in [0.25, 0.3) is 0 Å². The highest BCUT2D eigenvalue weighted by atomic mass is 32.2. The van der Waals surface area contributed by atoms with Gasteiger partial charge < -0.3 is 5.32 Å². The first-order valence-electron chi connectivity index (χ1n) is 7.31. The van der Waals surface area contributed by atoms with E-state index in [0.717, 1.165) is 23.1 Å². The molecule has 0 aliphatic heterocycles. The molecule has 1 aromatic rings. The molecule has 1 rings (SSSR count). The molecule has 0 aromatic heterocycles. The molecule has 0 radical (unpaired) electrons. The minimum absolute atomic E-state index is 0.405. The Morgan fingerprint density at radius 2 is 1.81 bits per heavy atom. The maximum absolute atomic E-state index is 13.0. The quantitative estimate of drug-likeness (QED) is 0.879. The smallest absolute Gasteiger partial charge is 0.243 e. The molecule has 21 heavy (non-hydrogen) atoms. The van der Waals surface area contributed by atoms with E-state index in [-0.39, 0.29) is 0 Å². The van der Waals surface area contributed by atoms with Crippen LogP contribution in [0.2, 0.25) is 0 Å². The fourth-order valence-corrected chi connectivity index (χ4v) is 4.09. The van der Waals surface area contributed by atoms with Crippen LogP contribution < -0.4 is 5.32 Å². The van der Waals surface area contributed by atoms with Gasteiger partial charge in [-0.25, -0.2) is 8.42 Å². The van der Waals surface area contributed by atoms with Crippen molar-refractivity contribution in [2.45, 2.75) is 58.0 Å². The number of benzene rings is 1. The third kappa shape index (κ3) is 3.65. The van der Waals surface area contributed by atoms with E-state index in [0.29, 0.717) is 11.4 Å². The van der Waals surface area contributed by atoms with Gasteiger partial charge in [-0.3, -0.25) is 0 Å². The summed E-state index contributed by atoms with van der Waals surface area (Å²) in [6, 6.07) is 3.83. The van der Waals surface area contributed by atoms with Gasteiger partial charge in [0.05, 0.1) is 4.90 Å². The Balaban J connectivity index is 3.44. The average Bonchev–Trinajstić information content (AvgIpc) is 2.41. The second kappa shape index (κ2) is 6.46. The Labute approximate surface area is 129 Å². The molecule has 0 heterocycles. The number of aryl methyl sites for hydroxylation is 1. The van der Waals surface area contributed by atoms with Gasteiger partial charge in [0, 0.05) is 19.1 Å². The molecular formula is C16H28N2O2S. The standard InChI is InChI=1S/C16H28N2O2S/c1-8-16(4,5)18(7)21(19,20)15-10-14(11-17-6)9-12(2)13(15)3/h9-10,17H,8,11H2,1-7H3. The molecule has 0 aliphatic rings. The third-order valence-electron chi connectivity index (χ3n) is 4.42. The fourth-order valence-electron chi connectivity index (χ4n) is 2.17. The minimum atomic E-state index is -3.50. The highest BCUT2D eigenvalue weighted by molar-refractivity contribution is 7.89. The number of hydrogen-bond donors (Lipinski definition) is 1. The van der Waals surface area contributed by atoms with Crippen molar-refractivity contribution in [1.29, 1.82) is 0 Å². The van der Waals surface area contributed by atoms with Crippen LogP contribution in [0.4, 0.5) is 0 Å². The van der Waals surface area contributed by atoms with Crippen molar-refractivity contribution in [3.63, 3.8) is 0 Å². The first-order valence-corrected chi connectivity index (χ1v) is 8.75. The number of sulfonamides is 1. The SMILES string of the molecule is CCC(C)(C)N(C)S(=O)(=O)c1cc(CNC)cc(C)c1C. The van der Waals surface area contributed by atoms with Crippen molar-refractivity contribution in [1.82, 2.24) is 9.62 Å². The predicted molar refractivity (Wildman–Crippen MR) is 88.0 cm³/mol. The molecule has 0 saturated carbocycles. The zero-order chi connectivity index (χ0) is 16.4. The van der Waals surface area contributed by atoms with Gasteiger partial charge in [-0.05, 0) is 63.9 Å². The van der Waals surface area contributed by atoms with Crippen LogP contribution in [0.3, 0.4) is 0 Å². The molecular weight excluding hydrogens is 284 g/mol. The number of nitrogens with zero attached hydrogens (tertiary/aromatic N) is 1. The summed E-state index contributed by atoms with van der Waals surface area (Å²) in [6.07, 6.45) is 0.761. The van der Waals surface area contributed by atoms with Crippen molar-refractivity contribution < 1.29 is 8.42 Å². The van der Waals surface area contributed by atoms with E-state index < -0.39 is 15.6 Å². The Morgan fingerprint density at radius 1 is 1.24 bits per heavy atom. The van der Waals surface area contributed by atoms with Crippen LogP contribution in [-0.4, -0.2) is 32.4 Å². The van der Waals surface area contributed by atoms with Crippen LogP contribution in [0.1, 0.15) is 43.9 Å². The van der Waals surface area contributed by atoms with E-state index in [1.165, 1.54) is 4.31 Å². The molecule has 0 fully saturated rings. The summed E-state index contributed by atoms with van der Waals surface area (Å²) >= 11 is 0. The summed E-state index contributed by atoms with van der Waals surface area (Å²) in [4.78, 5) is 0.414. The van der Waals surface area contributed by atoms with Crippen LogP contribution in [0, 0.1) is 13.8 Å². The van der Waals surface area contributed by atoms with Gasteiger partial charge in [0.15, 0.2) is 0 Å². The molecule has 0 bridgehead atoms. The zero-order valence-corrected chi connectivity index (χ0v) is 15.1. The molecule has 0 amide bonds. The van der Waals surface area contributed by atoms with Crippen molar-refractivity contribution in [3.05, 3.63) is 28.8 Å². The molecule has 0 aliphatic carbocycles. The summed E-state index contributed by atoms with van der Waals surface area (Å²) in [5.74, 6) is 0. The van der Waals surface area contributed by atoms with Crippen LogP contribution in [0.15, 0.2) is 17.0 Å². The summed E-state index contributed by atoms with van der Waals surface area (Å²) in [6.45, 7) is 10.4. The number of rotatable bonds is 6. The lowest BCUT2D eigenvalue weighted by Crippen LogP contribution is -2.44. The van der Waals surface area contributed by atoms with Gasteiger partial charge in [0.2, 0.25) is 10.0 Å². The van der Waals surface area contributed by atoms with Gasteiger partial charge in [-0.1, -0.05) is 13.0 Å². The van der Waals surface area contributed by atoms with Crippen molar-refractivity contribution in [3.8, 4) is 0 Å². The predicted octanol–water partition coefficient (Wildman–Crippen LogP) is 2.83.